The minimum atomic E-state index is 0.623. The van der Waals surface area contributed by atoms with Gasteiger partial charge in [0.15, 0.2) is 0 Å². The van der Waals surface area contributed by atoms with Crippen LogP contribution < -0.4 is 0 Å². The van der Waals surface area contributed by atoms with E-state index >= 15 is 0 Å². The molecule has 0 aromatic carbocycles. The molecule has 0 aliphatic carbocycles. The highest BCUT2D eigenvalue weighted by molar-refractivity contribution is 5.13. The van der Waals surface area contributed by atoms with E-state index < -0.39 is 0 Å². The van der Waals surface area contributed by atoms with Crippen molar-refractivity contribution in [3.63, 3.8) is 0 Å². The number of nitrogens with zero attached hydrogens (tertiary/aromatic N) is 2. The summed E-state index contributed by atoms with van der Waals surface area (Å²) < 4.78 is 0. The molecule has 0 N–H and O–H groups in total. The maximum absolute atomic E-state index is 4.61. The lowest BCUT2D eigenvalue weighted by molar-refractivity contribution is 0.485. The van der Waals surface area contributed by atoms with Crippen molar-refractivity contribution >= 4 is 0 Å². The lowest BCUT2D eigenvalue weighted by Crippen LogP contribution is -2.06. The van der Waals surface area contributed by atoms with Crippen molar-refractivity contribution in [1.29, 1.82) is 0 Å². The monoisotopic (exact) mass is 276 g/mol. The number of rotatable bonds is 11. The van der Waals surface area contributed by atoms with Crippen LogP contribution in [0.3, 0.4) is 0 Å². The van der Waals surface area contributed by atoms with Gasteiger partial charge >= 0.3 is 0 Å². The summed E-state index contributed by atoms with van der Waals surface area (Å²) in [4.78, 5) is 9.04. The molecule has 0 fully saturated rings. The molecule has 114 valence electrons. The maximum atomic E-state index is 4.61. The van der Waals surface area contributed by atoms with Gasteiger partial charge in [-0.1, -0.05) is 65.2 Å². The summed E-state index contributed by atoms with van der Waals surface area (Å²) in [7, 11) is 0. The zero-order chi connectivity index (χ0) is 14.6. The van der Waals surface area contributed by atoms with Crippen LogP contribution in [0, 0.1) is 6.92 Å². The van der Waals surface area contributed by atoms with Gasteiger partial charge in [0.2, 0.25) is 0 Å². The predicted molar refractivity (Wildman–Crippen MR) is 87.0 cm³/mol. The van der Waals surface area contributed by atoms with E-state index in [-0.39, 0.29) is 0 Å². The summed E-state index contributed by atoms with van der Waals surface area (Å²) in [5, 5.41) is 0. The van der Waals surface area contributed by atoms with Crippen LogP contribution in [0.4, 0.5) is 0 Å². The van der Waals surface area contributed by atoms with Gasteiger partial charge in [0.25, 0.3) is 0 Å². The second-order valence-electron chi connectivity index (χ2n) is 5.92. The summed E-state index contributed by atoms with van der Waals surface area (Å²) in [6, 6.07) is 0. The third-order valence-electron chi connectivity index (χ3n) is 4.12. The minimum absolute atomic E-state index is 0.623. The van der Waals surface area contributed by atoms with E-state index in [2.05, 4.69) is 30.7 Å². The lowest BCUT2D eigenvalue weighted by Gasteiger charge is -2.17. The highest BCUT2D eigenvalue weighted by Gasteiger charge is 2.15. The first-order chi connectivity index (χ1) is 9.79. The van der Waals surface area contributed by atoms with Crippen LogP contribution in [0.1, 0.15) is 95.4 Å². The van der Waals surface area contributed by atoms with E-state index in [9.17, 15) is 0 Å². The fourth-order valence-electron chi connectivity index (χ4n) is 2.87. The number of hydrogen-bond acceptors (Lipinski definition) is 2. The average molecular weight is 276 g/mol. The molecule has 0 spiro atoms. The lowest BCUT2D eigenvalue weighted by atomic mass is 9.90. The van der Waals surface area contributed by atoms with Gasteiger partial charge in [-0.05, 0) is 19.8 Å². The van der Waals surface area contributed by atoms with Crippen LogP contribution in [0.15, 0.2) is 12.4 Å². The molecule has 1 heterocycles. The van der Waals surface area contributed by atoms with E-state index in [4.69, 9.17) is 0 Å². The number of unbranched alkanes of at least 4 members (excludes halogenated alkanes) is 6. The van der Waals surface area contributed by atoms with E-state index in [0.29, 0.717) is 5.92 Å². The Labute approximate surface area is 125 Å². The molecule has 0 saturated heterocycles. The van der Waals surface area contributed by atoms with E-state index in [1.165, 1.54) is 69.9 Å². The Morgan fingerprint density at radius 3 is 1.85 bits per heavy atom. The van der Waals surface area contributed by atoms with Crippen LogP contribution in [-0.2, 0) is 0 Å². The Kier molecular flexibility index (Phi) is 9.27. The Morgan fingerprint density at radius 2 is 1.35 bits per heavy atom. The van der Waals surface area contributed by atoms with Gasteiger partial charge in [0, 0.05) is 18.3 Å². The molecule has 0 bridgehead atoms. The standard InChI is InChI=1S/C18H32N2/c1-4-6-8-10-12-17(13-11-9-7-5-2)18-16(3)19-14-15-20-18/h14-15,17H,4-13H2,1-3H3. The first-order valence-corrected chi connectivity index (χ1v) is 8.57. The van der Waals surface area contributed by atoms with Crippen molar-refractivity contribution in [3.05, 3.63) is 23.8 Å². The van der Waals surface area contributed by atoms with E-state index in [1.807, 2.05) is 12.4 Å². The first-order valence-electron chi connectivity index (χ1n) is 8.57. The predicted octanol–water partition coefficient (Wildman–Crippen LogP) is 5.81. The summed E-state index contributed by atoms with van der Waals surface area (Å²) in [5.41, 5.74) is 2.38. The van der Waals surface area contributed by atoms with Crippen molar-refractivity contribution in [3.8, 4) is 0 Å². The molecule has 1 aromatic rings. The van der Waals surface area contributed by atoms with Gasteiger partial charge in [-0.25, -0.2) is 0 Å². The second-order valence-corrected chi connectivity index (χ2v) is 5.92. The second kappa shape index (κ2) is 10.8. The van der Waals surface area contributed by atoms with E-state index in [1.54, 1.807) is 0 Å². The van der Waals surface area contributed by atoms with Crippen molar-refractivity contribution < 1.29 is 0 Å². The summed E-state index contributed by atoms with van der Waals surface area (Å²) >= 11 is 0. The first kappa shape index (κ1) is 17.1. The highest BCUT2D eigenvalue weighted by Crippen LogP contribution is 2.28. The average Bonchev–Trinajstić information content (AvgIpc) is 2.46. The molecular formula is C18H32N2. The number of aryl methyl sites for hydroxylation is 1. The van der Waals surface area contributed by atoms with Gasteiger partial charge in [0.1, 0.15) is 0 Å². The van der Waals surface area contributed by atoms with Gasteiger partial charge < -0.3 is 0 Å². The molecule has 0 unspecified atom stereocenters. The SMILES string of the molecule is CCCCCCC(CCCCCC)c1nccnc1C. The smallest absolute Gasteiger partial charge is 0.0646 e. The van der Waals surface area contributed by atoms with Crippen molar-refractivity contribution in [1.82, 2.24) is 9.97 Å². The molecule has 0 amide bonds. The van der Waals surface area contributed by atoms with Crippen LogP contribution in [0.2, 0.25) is 0 Å². The van der Waals surface area contributed by atoms with Gasteiger partial charge in [-0.3, -0.25) is 9.97 Å². The topological polar surface area (TPSA) is 25.8 Å². The molecule has 0 radical (unpaired) electrons. The van der Waals surface area contributed by atoms with Gasteiger partial charge in [-0.15, -0.1) is 0 Å². The van der Waals surface area contributed by atoms with Gasteiger partial charge in [-0.2, -0.15) is 0 Å². The molecule has 20 heavy (non-hydrogen) atoms. The molecule has 0 aliphatic rings. The molecule has 2 heteroatoms. The quantitative estimate of drug-likeness (QED) is 0.477. The van der Waals surface area contributed by atoms with Crippen LogP contribution in [0.25, 0.3) is 0 Å². The van der Waals surface area contributed by atoms with Crippen LogP contribution >= 0.6 is 0 Å². The van der Waals surface area contributed by atoms with Crippen molar-refractivity contribution in [2.24, 2.45) is 0 Å². The maximum Gasteiger partial charge on any atom is 0.0646 e. The molecular weight excluding hydrogens is 244 g/mol. The number of aromatic nitrogens is 2. The number of hydrogen-bond donors (Lipinski definition) is 0. The molecule has 0 saturated carbocycles. The van der Waals surface area contributed by atoms with Crippen LogP contribution in [-0.4, -0.2) is 9.97 Å². The highest BCUT2D eigenvalue weighted by atomic mass is 14.8. The minimum Gasteiger partial charge on any atom is -0.258 e. The molecule has 2 nitrogen and oxygen atoms in total. The van der Waals surface area contributed by atoms with E-state index in [0.717, 1.165) is 5.69 Å². The molecule has 1 rings (SSSR count). The van der Waals surface area contributed by atoms with Crippen molar-refractivity contribution in [2.45, 2.75) is 90.9 Å². The summed E-state index contributed by atoms with van der Waals surface area (Å²) in [6.07, 6.45) is 17.0. The molecule has 0 aliphatic heterocycles. The summed E-state index contributed by atoms with van der Waals surface area (Å²) in [6.45, 7) is 6.65. The Bertz CT molecular complexity index is 337. The third-order valence-corrected chi connectivity index (χ3v) is 4.12. The van der Waals surface area contributed by atoms with Gasteiger partial charge in [0.05, 0.1) is 11.4 Å². The fourth-order valence-corrected chi connectivity index (χ4v) is 2.87. The third kappa shape index (κ3) is 6.49. The summed E-state index contributed by atoms with van der Waals surface area (Å²) in [5.74, 6) is 0.623. The molecule has 1 aromatic heterocycles. The molecule has 0 atom stereocenters. The largest absolute Gasteiger partial charge is 0.258 e. The Balaban J connectivity index is 2.52. The zero-order valence-electron chi connectivity index (χ0n) is 13.7. The Hall–Kier alpha value is -0.920. The normalized spacial score (nSPS) is 11.2. The Morgan fingerprint density at radius 1 is 0.800 bits per heavy atom. The van der Waals surface area contributed by atoms with Crippen molar-refractivity contribution in [2.75, 3.05) is 0 Å². The fraction of sp³-hybridized carbons (Fsp3) is 0.778. The van der Waals surface area contributed by atoms with Crippen LogP contribution in [0.5, 0.6) is 0 Å². The zero-order valence-corrected chi connectivity index (χ0v) is 13.7.